The van der Waals surface area contributed by atoms with E-state index in [1.807, 2.05) is 6.92 Å². The van der Waals surface area contributed by atoms with Gasteiger partial charge in [0, 0.05) is 0 Å². The molecule has 0 saturated heterocycles. The molecule has 1 aliphatic rings. The second-order valence-corrected chi connectivity index (χ2v) is 4.47. The summed E-state index contributed by atoms with van der Waals surface area (Å²) in [6.07, 6.45) is 6.25. The van der Waals surface area contributed by atoms with Gasteiger partial charge in [-0.25, -0.2) is 0 Å². The molecule has 0 aromatic rings. The van der Waals surface area contributed by atoms with E-state index in [2.05, 4.69) is 6.58 Å². The Balaban J connectivity index is 2.76. The fourth-order valence-corrected chi connectivity index (χ4v) is 2.48. The van der Waals surface area contributed by atoms with Crippen LogP contribution >= 0.6 is 0 Å². The van der Waals surface area contributed by atoms with Crippen LogP contribution in [0.15, 0.2) is 12.2 Å². The van der Waals surface area contributed by atoms with Gasteiger partial charge in [-0.15, -0.1) is 6.58 Å². The quantitative estimate of drug-likeness (QED) is 0.512. The van der Waals surface area contributed by atoms with Crippen molar-refractivity contribution in [1.82, 2.24) is 0 Å². The molecule has 0 unspecified atom stereocenters. The molecule has 2 nitrogen and oxygen atoms in total. The highest BCUT2D eigenvalue weighted by atomic mass is 16.5. The van der Waals surface area contributed by atoms with Gasteiger partial charge in [0.25, 0.3) is 0 Å². The second kappa shape index (κ2) is 4.63. The lowest BCUT2D eigenvalue weighted by atomic mass is 9.70. The number of rotatable bonds is 3. The average Bonchev–Trinajstić information content (AvgIpc) is 2.17. The molecule has 1 rings (SSSR count). The molecule has 80 valence electrons. The van der Waals surface area contributed by atoms with Crippen LogP contribution in [0.25, 0.3) is 0 Å². The van der Waals surface area contributed by atoms with Crippen molar-refractivity contribution in [3.05, 3.63) is 12.2 Å². The normalized spacial score (nSPS) is 20.1. The summed E-state index contributed by atoms with van der Waals surface area (Å²) in [7, 11) is 1.48. The predicted molar refractivity (Wildman–Crippen MR) is 57.0 cm³/mol. The van der Waals surface area contributed by atoms with E-state index in [1.165, 1.54) is 13.5 Å². The standard InChI is InChI=1S/C12H20O2/c1-10(2)9-12(11(13)14-3)7-5-4-6-8-12/h1,4-9H2,2-3H3. The molecule has 14 heavy (non-hydrogen) atoms. The number of methoxy groups -OCH3 is 1. The Kier molecular flexibility index (Phi) is 3.73. The van der Waals surface area contributed by atoms with Gasteiger partial charge in [0.2, 0.25) is 0 Å². The fourth-order valence-electron chi connectivity index (χ4n) is 2.48. The molecule has 0 aliphatic heterocycles. The Bertz CT molecular complexity index is 224. The summed E-state index contributed by atoms with van der Waals surface area (Å²) in [5.41, 5.74) is 0.830. The third kappa shape index (κ3) is 2.37. The zero-order valence-electron chi connectivity index (χ0n) is 9.27. The first-order valence-electron chi connectivity index (χ1n) is 5.33. The van der Waals surface area contributed by atoms with E-state index in [0.29, 0.717) is 0 Å². The molecule has 1 saturated carbocycles. The van der Waals surface area contributed by atoms with E-state index in [0.717, 1.165) is 37.7 Å². The predicted octanol–water partition coefficient (Wildman–Crippen LogP) is 3.08. The van der Waals surface area contributed by atoms with Gasteiger partial charge in [0.15, 0.2) is 0 Å². The monoisotopic (exact) mass is 196 g/mol. The van der Waals surface area contributed by atoms with Crippen LogP contribution in [0, 0.1) is 5.41 Å². The van der Waals surface area contributed by atoms with Crippen LogP contribution < -0.4 is 0 Å². The van der Waals surface area contributed by atoms with E-state index in [-0.39, 0.29) is 11.4 Å². The van der Waals surface area contributed by atoms with Crippen LogP contribution in [-0.2, 0) is 9.53 Å². The highest BCUT2D eigenvalue weighted by Gasteiger charge is 2.40. The van der Waals surface area contributed by atoms with Gasteiger partial charge in [-0.1, -0.05) is 24.8 Å². The summed E-state index contributed by atoms with van der Waals surface area (Å²) in [4.78, 5) is 11.8. The van der Waals surface area contributed by atoms with Crippen LogP contribution in [0.2, 0.25) is 0 Å². The van der Waals surface area contributed by atoms with Crippen LogP contribution in [-0.4, -0.2) is 13.1 Å². The molecule has 0 spiro atoms. The van der Waals surface area contributed by atoms with Crippen LogP contribution in [0.3, 0.4) is 0 Å². The van der Waals surface area contributed by atoms with E-state index < -0.39 is 0 Å². The van der Waals surface area contributed by atoms with Crippen LogP contribution in [0.5, 0.6) is 0 Å². The number of hydrogen-bond donors (Lipinski definition) is 0. The largest absolute Gasteiger partial charge is 0.469 e. The van der Waals surface area contributed by atoms with Crippen LogP contribution in [0.4, 0.5) is 0 Å². The summed E-state index contributed by atoms with van der Waals surface area (Å²) in [6.45, 7) is 5.89. The summed E-state index contributed by atoms with van der Waals surface area (Å²) < 4.78 is 4.91. The Morgan fingerprint density at radius 1 is 1.36 bits per heavy atom. The Morgan fingerprint density at radius 2 is 1.93 bits per heavy atom. The lowest BCUT2D eigenvalue weighted by Crippen LogP contribution is -2.34. The number of hydrogen-bond acceptors (Lipinski definition) is 2. The Labute approximate surface area is 86.3 Å². The van der Waals surface area contributed by atoms with Crippen molar-refractivity contribution in [2.24, 2.45) is 5.41 Å². The van der Waals surface area contributed by atoms with Gasteiger partial charge in [-0.2, -0.15) is 0 Å². The smallest absolute Gasteiger partial charge is 0.312 e. The molecule has 0 radical (unpaired) electrons. The zero-order chi connectivity index (χ0) is 10.6. The highest BCUT2D eigenvalue weighted by Crippen LogP contribution is 2.41. The molecular formula is C12H20O2. The van der Waals surface area contributed by atoms with Gasteiger partial charge in [-0.05, 0) is 26.2 Å². The molecule has 1 fully saturated rings. The van der Waals surface area contributed by atoms with E-state index in [1.54, 1.807) is 0 Å². The van der Waals surface area contributed by atoms with Crippen molar-refractivity contribution in [1.29, 1.82) is 0 Å². The first-order valence-corrected chi connectivity index (χ1v) is 5.33. The van der Waals surface area contributed by atoms with E-state index in [9.17, 15) is 4.79 Å². The summed E-state index contributed by atoms with van der Waals surface area (Å²) in [5.74, 6) is -0.0415. The van der Waals surface area contributed by atoms with Crippen molar-refractivity contribution in [2.45, 2.75) is 45.4 Å². The highest BCUT2D eigenvalue weighted by molar-refractivity contribution is 5.77. The molecule has 1 aliphatic carbocycles. The zero-order valence-corrected chi connectivity index (χ0v) is 9.27. The molecule has 0 bridgehead atoms. The second-order valence-electron chi connectivity index (χ2n) is 4.47. The number of carbonyl (C=O) groups excluding carboxylic acids is 1. The van der Waals surface area contributed by atoms with Gasteiger partial charge in [0.05, 0.1) is 12.5 Å². The first kappa shape index (κ1) is 11.3. The summed E-state index contributed by atoms with van der Waals surface area (Å²) in [6, 6.07) is 0. The number of carbonyl (C=O) groups is 1. The molecule has 0 N–H and O–H groups in total. The Morgan fingerprint density at radius 3 is 2.36 bits per heavy atom. The van der Waals surface area contributed by atoms with Gasteiger partial charge < -0.3 is 4.74 Å². The average molecular weight is 196 g/mol. The van der Waals surface area contributed by atoms with Crippen molar-refractivity contribution in [2.75, 3.05) is 7.11 Å². The third-order valence-electron chi connectivity index (χ3n) is 3.07. The number of ether oxygens (including phenoxy) is 1. The molecule has 0 atom stereocenters. The first-order chi connectivity index (χ1) is 6.60. The fraction of sp³-hybridized carbons (Fsp3) is 0.750. The van der Waals surface area contributed by atoms with Gasteiger partial charge in [0.1, 0.15) is 0 Å². The van der Waals surface area contributed by atoms with Gasteiger partial charge in [-0.3, -0.25) is 4.79 Å². The van der Waals surface area contributed by atoms with Crippen molar-refractivity contribution >= 4 is 5.97 Å². The molecule has 2 heteroatoms. The Hall–Kier alpha value is -0.790. The maximum atomic E-state index is 11.8. The number of esters is 1. The molecule has 0 aromatic heterocycles. The molecule has 0 aromatic carbocycles. The third-order valence-corrected chi connectivity index (χ3v) is 3.07. The number of allylic oxidation sites excluding steroid dienone is 1. The molecule has 0 amide bonds. The van der Waals surface area contributed by atoms with E-state index in [4.69, 9.17) is 4.74 Å². The summed E-state index contributed by atoms with van der Waals surface area (Å²) >= 11 is 0. The van der Waals surface area contributed by atoms with Gasteiger partial charge >= 0.3 is 5.97 Å². The minimum absolute atomic E-state index is 0.0415. The lowest BCUT2D eigenvalue weighted by Gasteiger charge is -2.34. The maximum absolute atomic E-state index is 11.8. The van der Waals surface area contributed by atoms with Crippen molar-refractivity contribution in [3.63, 3.8) is 0 Å². The summed E-state index contributed by atoms with van der Waals surface area (Å²) in [5, 5.41) is 0. The molecular weight excluding hydrogens is 176 g/mol. The minimum atomic E-state index is -0.251. The topological polar surface area (TPSA) is 26.3 Å². The lowest BCUT2D eigenvalue weighted by molar-refractivity contribution is -0.154. The molecule has 0 heterocycles. The SMILES string of the molecule is C=C(C)CC1(C(=O)OC)CCCCC1. The van der Waals surface area contributed by atoms with Crippen molar-refractivity contribution < 1.29 is 9.53 Å². The van der Waals surface area contributed by atoms with E-state index >= 15 is 0 Å². The minimum Gasteiger partial charge on any atom is -0.469 e. The van der Waals surface area contributed by atoms with Crippen LogP contribution in [0.1, 0.15) is 45.4 Å². The maximum Gasteiger partial charge on any atom is 0.312 e. The van der Waals surface area contributed by atoms with Crippen molar-refractivity contribution in [3.8, 4) is 0 Å².